The highest BCUT2D eigenvalue weighted by molar-refractivity contribution is 6.23. The van der Waals surface area contributed by atoms with Gasteiger partial charge in [-0.25, -0.2) is 4.79 Å². The van der Waals surface area contributed by atoms with Gasteiger partial charge in [0.25, 0.3) is 11.8 Å². The Hall–Kier alpha value is -3.23. The van der Waals surface area contributed by atoms with Gasteiger partial charge < -0.3 is 30.3 Å². The number of anilines is 2. The summed E-state index contributed by atoms with van der Waals surface area (Å²) in [5, 5.41) is 16.2. The summed E-state index contributed by atoms with van der Waals surface area (Å²) in [6.45, 7) is 2.66. The number of nitrogens with one attached hydrogen (secondary N) is 2. The molecule has 3 amide bonds. The van der Waals surface area contributed by atoms with Crippen molar-refractivity contribution in [3.63, 3.8) is 0 Å². The number of hydrogen-bond donors (Lipinski definition) is 3. The maximum absolute atomic E-state index is 12.8. The molecule has 0 saturated carbocycles. The highest BCUT2D eigenvalue weighted by Gasteiger charge is 2.42. The molecule has 31 heavy (non-hydrogen) atoms. The van der Waals surface area contributed by atoms with Gasteiger partial charge in [0.1, 0.15) is 11.3 Å². The van der Waals surface area contributed by atoms with Crippen molar-refractivity contribution in [3.8, 4) is 0 Å². The second kappa shape index (κ2) is 8.87. The normalized spacial score (nSPS) is 23.7. The molecule has 2 fully saturated rings. The van der Waals surface area contributed by atoms with E-state index in [1.807, 2.05) is 12.1 Å². The van der Waals surface area contributed by atoms with Crippen LogP contribution in [0.25, 0.3) is 0 Å². The second-order valence-electron chi connectivity index (χ2n) is 8.20. The quantitative estimate of drug-likeness (QED) is 0.635. The fourth-order valence-electron chi connectivity index (χ4n) is 4.58. The first-order chi connectivity index (χ1) is 15.0. The van der Waals surface area contributed by atoms with Crippen LogP contribution in [0.15, 0.2) is 35.6 Å². The molecule has 2 unspecified atom stereocenters. The highest BCUT2D eigenvalue weighted by Crippen LogP contribution is 2.30. The molecule has 0 bridgehead atoms. The zero-order valence-electron chi connectivity index (χ0n) is 17.6. The van der Waals surface area contributed by atoms with Crippen molar-refractivity contribution in [1.29, 1.82) is 0 Å². The van der Waals surface area contributed by atoms with E-state index in [0.717, 1.165) is 18.8 Å². The number of piperidine rings is 2. The number of aliphatic hydroxyl groups is 1. The smallest absolute Gasteiger partial charge is 0.409 e. The van der Waals surface area contributed by atoms with Gasteiger partial charge in [0.05, 0.1) is 13.2 Å². The van der Waals surface area contributed by atoms with Crippen LogP contribution in [-0.2, 0) is 14.3 Å². The van der Waals surface area contributed by atoms with Crippen LogP contribution >= 0.6 is 0 Å². The molecule has 3 aliphatic heterocycles. The first kappa shape index (κ1) is 21.0. The van der Waals surface area contributed by atoms with E-state index in [4.69, 9.17) is 4.74 Å². The van der Waals surface area contributed by atoms with Crippen LogP contribution in [0.1, 0.15) is 25.7 Å². The van der Waals surface area contributed by atoms with Gasteiger partial charge in [-0.05, 0) is 49.9 Å². The predicted octanol–water partition coefficient (Wildman–Crippen LogP) is 2.01. The Balaban J connectivity index is 1.44. The molecule has 166 valence electrons. The zero-order chi connectivity index (χ0) is 22.0. The fourth-order valence-corrected chi connectivity index (χ4v) is 4.58. The molecule has 4 rings (SSSR count). The lowest BCUT2D eigenvalue weighted by Gasteiger charge is -2.40. The van der Waals surface area contributed by atoms with Crippen LogP contribution in [0.4, 0.5) is 16.2 Å². The summed E-state index contributed by atoms with van der Waals surface area (Å²) >= 11 is 0. The van der Waals surface area contributed by atoms with Crippen LogP contribution in [0.2, 0.25) is 0 Å². The zero-order valence-corrected chi connectivity index (χ0v) is 17.6. The molecule has 1 aromatic carbocycles. The summed E-state index contributed by atoms with van der Waals surface area (Å²) in [6.07, 6.45) is 3.56. The third kappa shape index (κ3) is 4.30. The predicted molar refractivity (Wildman–Crippen MR) is 115 cm³/mol. The minimum absolute atomic E-state index is 0.222. The van der Waals surface area contributed by atoms with Crippen LogP contribution in [0, 0.1) is 5.92 Å². The molecule has 3 aliphatic rings. The molecule has 0 aliphatic carbocycles. The molecular formula is C22H28N4O5. The molecule has 0 aromatic heterocycles. The van der Waals surface area contributed by atoms with E-state index in [1.54, 1.807) is 12.1 Å². The fraction of sp³-hybridized carbons (Fsp3) is 0.500. The van der Waals surface area contributed by atoms with Gasteiger partial charge >= 0.3 is 6.09 Å². The molecule has 3 heterocycles. The van der Waals surface area contributed by atoms with Crippen molar-refractivity contribution in [1.82, 2.24) is 10.2 Å². The molecule has 3 N–H and O–H groups in total. The topological polar surface area (TPSA) is 111 Å². The number of hydrogen-bond acceptors (Lipinski definition) is 6. The highest BCUT2D eigenvalue weighted by atomic mass is 16.5. The Labute approximate surface area is 181 Å². The number of aliphatic hydroxyl groups excluding tert-OH is 1. The minimum Gasteiger partial charge on any atom is -0.511 e. The Morgan fingerprint density at radius 1 is 1.13 bits per heavy atom. The number of likely N-dealkylation sites (tertiary alicyclic amines) is 1. The number of fused-ring (bicyclic) bond motifs is 1. The van der Waals surface area contributed by atoms with Crippen molar-refractivity contribution in [2.24, 2.45) is 5.92 Å². The maximum atomic E-state index is 12.8. The van der Waals surface area contributed by atoms with Crippen molar-refractivity contribution in [2.45, 2.75) is 31.7 Å². The average molecular weight is 428 g/mol. The standard InChI is InChI=1S/C22H28N4O5/c1-31-22(30)26-12-9-16-17(13-26)24-21(29)18(19(16)27)20(28)23-14-5-7-15(8-6-14)25-10-3-2-4-11-25/h5-8,16-17,27H,2-4,9-13H2,1H3,(H,23,28)(H,24,29). The van der Waals surface area contributed by atoms with Crippen LogP contribution in [0.5, 0.6) is 0 Å². The summed E-state index contributed by atoms with van der Waals surface area (Å²) in [6, 6.07) is 7.06. The SMILES string of the molecule is COC(=O)N1CCC2C(O)=C(C(=O)Nc3ccc(N4CCCCC4)cc3)C(=O)NC2C1. The number of nitrogens with zero attached hydrogens (tertiary/aromatic N) is 2. The molecule has 1 aromatic rings. The summed E-state index contributed by atoms with van der Waals surface area (Å²) in [4.78, 5) is 40.9. The van der Waals surface area contributed by atoms with Crippen LogP contribution < -0.4 is 15.5 Å². The molecule has 9 heteroatoms. The molecule has 0 radical (unpaired) electrons. The van der Waals surface area contributed by atoms with Crippen LogP contribution in [0.3, 0.4) is 0 Å². The van der Waals surface area contributed by atoms with E-state index in [1.165, 1.54) is 31.3 Å². The lowest BCUT2D eigenvalue weighted by Crippen LogP contribution is -2.58. The summed E-state index contributed by atoms with van der Waals surface area (Å²) < 4.78 is 4.73. The second-order valence-corrected chi connectivity index (χ2v) is 8.20. The lowest BCUT2D eigenvalue weighted by molar-refractivity contribution is -0.124. The average Bonchev–Trinajstić information content (AvgIpc) is 2.79. The summed E-state index contributed by atoms with van der Waals surface area (Å²) in [5.41, 5.74) is 1.39. The Morgan fingerprint density at radius 2 is 1.84 bits per heavy atom. The summed E-state index contributed by atoms with van der Waals surface area (Å²) in [5.74, 6) is -1.93. The monoisotopic (exact) mass is 428 g/mol. The van der Waals surface area contributed by atoms with E-state index in [2.05, 4.69) is 15.5 Å². The van der Waals surface area contributed by atoms with Gasteiger partial charge in [0, 0.05) is 43.5 Å². The van der Waals surface area contributed by atoms with Crippen molar-refractivity contribution < 1.29 is 24.2 Å². The largest absolute Gasteiger partial charge is 0.511 e. The van der Waals surface area contributed by atoms with E-state index in [-0.39, 0.29) is 17.9 Å². The van der Waals surface area contributed by atoms with E-state index in [0.29, 0.717) is 18.7 Å². The summed E-state index contributed by atoms with van der Waals surface area (Å²) in [7, 11) is 1.30. The van der Waals surface area contributed by atoms with Crippen molar-refractivity contribution in [3.05, 3.63) is 35.6 Å². The Kier molecular flexibility index (Phi) is 6.01. The molecule has 2 atom stereocenters. The number of benzene rings is 1. The lowest BCUT2D eigenvalue weighted by atomic mass is 9.84. The number of methoxy groups -OCH3 is 1. The third-order valence-electron chi connectivity index (χ3n) is 6.27. The van der Waals surface area contributed by atoms with Gasteiger partial charge in [-0.2, -0.15) is 0 Å². The van der Waals surface area contributed by atoms with Gasteiger partial charge in [-0.3, -0.25) is 9.59 Å². The van der Waals surface area contributed by atoms with Gasteiger partial charge in [-0.1, -0.05) is 0 Å². The first-order valence-electron chi connectivity index (χ1n) is 10.7. The van der Waals surface area contributed by atoms with E-state index in [9.17, 15) is 19.5 Å². The van der Waals surface area contributed by atoms with E-state index >= 15 is 0 Å². The minimum atomic E-state index is -0.645. The van der Waals surface area contributed by atoms with Gasteiger partial charge in [0.15, 0.2) is 0 Å². The molecule has 9 nitrogen and oxygen atoms in total. The Morgan fingerprint density at radius 3 is 2.52 bits per heavy atom. The maximum Gasteiger partial charge on any atom is 0.409 e. The number of carbonyl (C=O) groups excluding carboxylic acids is 3. The third-order valence-corrected chi connectivity index (χ3v) is 6.27. The van der Waals surface area contributed by atoms with Crippen molar-refractivity contribution >= 4 is 29.3 Å². The van der Waals surface area contributed by atoms with E-state index < -0.39 is 29.9 Å². The first-order valence-corrected chi connectivity index (χ1v) is 10.7. The van der Waals surface area contributed by atoms with Gasteiger partial charge in [-0.15, -0.1) is 0 Å². The molecule has 2 saturated heterocycles. The molecule has 0 spiro atoms. The number of rotatable bonds is 3. The molecular weight excluding hydrogens is 400 g/mol. The Bertz CT molecular complexity index is 892. The number of ether oxygens (including phenoxy) is 1. The van der Waals surface area contributed by atoms with Crippen LogP contribution in [-0.4, -0.2) is 67.2 Å². The number of carbonyl (C=O) groups is 3. The number of amides is 3. The van der Waals surface area contributed by atoms with Crippen molar-refractivity contribution in [2.75, 3.05) is 43.5 Å². The van der Waals surface area contributed by atoms with Gasteiger partial charge in [0.2, 0.25) is 0 Å².